The quantitative estimate of drug-likeness (QED) is 0.685. The summed E-state index contributed by atoms with van der Waals surface area (Å²) in [4.78, 5) is 0. The van der Waals surface area contributed by atoms with Crippen LogP contribution in [0, 0.1) is 10.8 Å². The van der Waals surface area contributed by atoms with E-state index in [1.54, 1.807) is 0 Å². The number of benzene rings is 1. The van der Waals surface area contributed by atoms with E-state index in [2.05, 4.69) is 71.1 Å². The van der Waals surface area contributed by atoms with Crippen LogP contribution < -0.4 is 5.32 Å². The first-order chi connectivity index (χ1) is 7.71. The molecule has 0 amide bonds. The summed E-state index contributed by atoms with van der Waals surface area (Å²) in [6.07, 6.45) is 0. The predicted octanol–water partition coefficient (Wildman–Crippen LogP) is 4.66. The summed E-state index contributed by atoms with van der Waals surface area (Å²) < 4.78 is 0. The lowest BCUT2D eigenvalue weighted by molar-refractivity contribution is 0.214. The Balaban J connectivity index is 2.48. The van der Waals surface area contributed by atoms with Gasteiger partial charge in [0.2, 0.25) is 0 Å². The maximum Gasteiger partial charge on any atom is 0.0384 e. The van der Waals surface area contributed by atoms with Crippen LogP contribution in [0.5, 0.6) is 0 Å². The second-order valence-electron chi connectivity index (χ2n) is 7.42. The Morgan fingerprint density at radius 3 is 2.00 bits per heavy atom. The van der Waals surface area contributed by atoms with Gasteiger partial charge in [-0.1, -0.05) is 59.7 Å². The number of hydrogen-bond acceptors (Lipinski definition) is 1. The van der Waals surface area contributed by atoms with Gasteiger partial charge >= 0.3 is 0 Å². The molecule has 0 spiro atoms. The highest BCUT2D eigenvalue weighted by molar-refractivity contribution is 5.60. The van der Waals surface area contributed by atoms with E-state index in [4.69, 9.17) is 0 Å². The molecule has 0 radical (unpaired) electrons. The molecular formula is C16H25N. The maximum absolute atomic E-state index is 3.73. The molecule has 94 valence electrons. The highest BCUT2D eigenvalue weighted by atomic mass is 15.0. The Kier molecular flexibility index (Phi) is 2.76. The molecule has 1 aliphatic heterocycles. The molecule has 0 saturated heterocycles. The third-order valence-electron chi connectivity index (χ3n) is 3.81. The summed E-state index contributed by atoms with van der Waals surface area (Å²) >= 11 is 0. The number of hydrogen-bond donors (Lipinski definition) is 1. The highest BCUT2D eigenvalue weighted by Crippen LogP contribution is 2.50. The molecule has 2 rings (SSSR count). The molecule has 1 N–H and O–H groups in total. The molecule has 1 heteroatoms. The van der Waals surface area contributed by atoms with Crippen molar-refractivity contribution in [2.45, 2.75) is 53.5 Å². The van der Waals surface area contributed by atoms with Gasteiger partial charge in [0.15, 0.2) is 0 Å². The van der Waals surface area contributed by atoms with Crippen molar-refractivity contribution >= 4 is 5.69 Å². The van der Waals surface area contributed by atoms with Crippen LogP contribution in [-0.2, 0) is 0 Å². The number of fused-ring (bicyclic) bond motifs is 1. The van der Waals surface area contributed by atoms with E-state index < -0.39 is 0 Å². The van der Waals surface area contributed by atoms with Gasteiger partial charge in [-0.25, -0.2) is 0 Å². The van der Waals surface area contributed by atoms with Gasteiger partial charge in [-0.3, -0.25) is 0 Å². The van der Waals surface area contributed by atoms with Gasteiger partial charge < -0.3 is 5.32 Å². The first-order valence-corrected chi connectivity index (χ1v) is 6.57. The molecular weight excluding hydrogens is 206 g/mol. The molecule has 2 unspecified atom stereocenters. The average Bonchev–Trinajstić information content (AvgIpc) is 2.54. The van der Waals surface area contributed by atoms with Crippen LogP contribution >= 0.6 is 0 Å². The third kappa shape index (κ3) is 2.20. The molecule has 1 aliphatic rings. The standard InChI is InChI=1S/C16H25N/c1-15(2,3)13-11-9-7-8-10-12(11)17-14(13)16(4,5)6/h7-10,13-14,17H,1-6H3. The second-order valence-corrected chi connectivity index (χ2v) is 7.42. The average molecular weight is 231 g/mol. The molecule has 0 aromatic heterocycles. The lowest BCUT2D eigenvalue weighted by atomic mass is 9.67. The van der Waals surface area contributed by atoms with Gasteiger partial charge in [-0.05, 0) is 22.5 Å². The van der Waals surface area contributed by atoms with Crippen LogP contribution in [0.3, 0.4) is 0 Å². The summed E-state index contributed by atoms with van der Waals surface area (Å²) in [5.41, 5.74) is 3.38. The largest absolute Gasteiger partial charge is 0.381 e. The van der Waals surface area contributed by atoms with E-state index in [1.807, 2.05) is 0 Å². The predicted molar refractivity (Wildman–Crippen MR) is 75.5 cm³/mol. The number of anilines is 1. The number of para-hydroxylation sites is 1. The highest BCUT2D eigenvalue weighted by Gasteiger charge is 2.44. The van der Waals surface area contributed by atoms with E-state index in [0.29, 0.717) is 12.0 Å². The van der Waals surface area contributed by atoms with Crippen LogP contribution in [0.1, 0.15) is 53.0 Å². The SMILES string of the molecule is CC(C)(C)C1Nc2ccccc2C1C(C)(C)C. The van der Waals surface area contributed by atoms with Gasteiger partial charge in [-0.2, -0.15) is 0 Å². The summed E-state index contributed by atoms with van der Waals surface area (Å²) in [7, 11) is 0. The lowest BCUT2D eigenvalue weighted by Crippen LogP contribution is -2.40. The summed E-state index contributed by atoms with van der Waals surface area (Å²) in [6.45, 7) is 14.0. The number of nitrogens with one attached hydrogen (secondary N) is 1. The normalized spacial score (nSPS) is 24.4. The first-order valence-electron chi connectivity index (χ1n) is 6.57. The van der Waals surface area contributed by atoms with Gasteiger partial charge in [0.05, 0.1) is 0 Å². The summed E-state index contributed by atoms with van der Waals surface area (Å²) in [5, 5.41) is 3.73. The molecule has 0 saturated carbocycles. The fourth-order valence-electron chi connectivity index (χ4n) is 3.01. The Bertz CT molecular complexity index is 406. The van der Waals surface area contributed by atoms with Crippen LogP contribution in [-0.4, -0.2) is 6.04 Å². The Hall–Kier alpha value is -0.980. The zero-order valence-corrected chi connectivity index (χ0v) is 12.0. The molecule has 1 nitrogen and oxygen atoms in total. The topological polar surface area (TPSA) is 12.0 Å². The third-order valence-corrected chi connectivity index (χ3v) is 3.81. The van der Waals surface area contributed by atoms with Crippen molar-refractivity contribution in [2.75, 3.05) is 5.32 Å². The zero-order valence-electron chi connectivity index (χ0n) is 12.0. The van der Waals surface area contributed by atoms with Gasteiger partial charge in [0, 0.05) is 17.6 Å². The Labute approximate surface area is 106 Å². The first kappa shape index (κ1) is 12.5. The molecule has 17 heavy (non-hydrogen) atoms. The minimum Gasteiger partial charge on any atom is -0.381 e. The Morgan fingerprint density at radius 1 is 0.882 bits per heavy atom. The van der Waals surface area contributed by atoms with Crippen molar-refractivity contribution in [1.82, 2.24) is 0 Å². The van der Waals surface area contributed by atoms with E-state index in [-0.39, 0.29) is 10.8 Å². The fraction of sp³-hybridized carbons (Fsp3) is 0.625. The van der Waals surface area contributed by atoms with E-state index in [1.165, 1.54) is 11.3 Å². The molecule has 1 aromatic rings. The van der Waals surface area contributed by atoms with Crippen molar-refractivity contribution in [1.29, 1.82) is 0 Å². The molecule has 0 fully saturated rings. The fourth-order valence-corrected chi connectivity index (χ4v) is 3.01. The van der Waals surface area contributed by atoms with Crippen molar-refractivity contribution in [3.63, 3.8) is 0 Å². The monoisotopic (exact) mass is 231 g/mol. The second kappa shape index (κ2) is 3.76. The molecule has 0 bridgehead atoms. The van der Waals surface area contributed by atoms with Crippen molar-refractivity contribution < 1.29 is 0 Å². The van der Waals surface area contributed by atoms with Crippen LogP contribution in [0.2, 0.25) is 0 Å². The lowest BCUT2D eigenvalue weighted by Gasteiger charge is -2.39. The molecule has 0 aliphatic carbocycles. The van der Waals surface area contributed by atoms with Crippen molar-refractivity contribution in [3.05, 3.63) is 29.8 Å². The number of rotatable bonds is 0. The van der Waals surface area contributed by atoms with Gasteiger partial charge in [0.25, 0.3) is 0 Å². The smallest absolute Gasteiger partial charge is 0.0384 e. The van der Waals surface area contributed by atoms with E-state index >= 15 is 0 Å². The van der Waals surface area contributed by atoms with Crippen LogP contribution in [0.25, 0.3) is 0 Å². The summed E-state index contributed by atoms with van der Waals surface area (Å²) in [5.74, 6) is 0.582. The van der Waals surface area contributed by atoms with Gasteiger partial charge in [0.1, 0.15) is 0 Å². The molecule has 1 heterocycles. The zero-order chi connectivity index (χ0) is 12.8. The minimum atomic E-state index is 0.275. The van der Waals surface area contributed by atoms with Crippen LogP contribution in [0.4, 0.5) is 5.69 Å². The maximum atomic E-state index is 3.73. The van der Waals surface area contributed by atoms with Crippen LogP contribution in [0.15, 0.2) is 24.3 Å². The van der Waals surface area contributed by atoms with Gasteiger partial charge in [-0.15, -0.1) is 0 Å². The molecule has 2 atom stereocenters. The van der Waals surface area contributed by atoms with Crippen molar-refractivity contribution in [3.8, 4) is 0 Å². The van der Waals surface area contributed by atoms with E-state index in [0.717, 1.165) is 0 Å². The van der Waals surface area contributed by atoms with Crippen molar-refractivity contribution in [2.24, 2.45) is 10.8 Å². The van der Waals surface area contributed by atoms with E-state index in [9.17, 15) is 0 Å². The minimum absolute atomic E-state index is 0.275. The summed E-state index contributed by atoms with van der Waals surface area (Å²) in [6, 6.07) is 9.28. The molecule has 1 aromatic carbocycles. The Morgan fingerprint density at radius 2 is 1.47 bits per heavy atom.